The summed E-state index contributed by atoms with van der Waals surface area (Å²) < 4.78 is 20.2. The number of halogens is 1. The number of ether oxygens (including phenoxy) is 1. The van der Waals surface area contributed by atoms with Crippen LogP contribution in [0.2, 0.25) is 0 Å². The van der Waals surface area contributed by atoms with Crippen LogP contribution < -0.4 is 0 Å². The van der Waals surface area contributed by atoms with E-state index in [0.717, 1.165) is 17.9 Å². The fourth-order valence-electron chi connectivity index (χ4n) is 2.95. The Kier molecular flexibility index (Phi) is 5.51. The first kappa shape index (κ1) is 19.0. The Balaban J connectivity index is 1.66. The number of hydrogen-bond donors (Lipinski definition) is 0. The second-order valence-electron chi connectivity index (χ2n) is 6.07. The fourth-order valence-corrected chi connectivity index (χ4v) is 3.74. The highest BCUT2D eigenvalue weighted by molar-refractivity contribution is 7.13. The number of aromatic nitrogens is 2. The predicted molar refractivity (Wildman–Crippen MR) is 102 cm³/mol. The summed E-state index contributed by atoms with van der Waals surface area (Å²) in [6, 6.07) is 7.66. The normalized spacial score (nSPS) is 10.8. The quantitative estimate of drug-likeness (QED) is 0.465. The molecule has 0 saturated carbocycles. The summed E-state index contributed by atoms with van der Waals surface area (Å²) in [5.74, 6) is -1.24. The second-order valence-corrected chi connectivity index (χ2v) is 6.93. The van der Waals surface area contributed by atoms with Gasteiger partial charge in [0.15, 0.2) is 12.3 Å². The van der Waals surface area contributed by atoms with Crippen LogP contribution in [0, 0.1) is 19.7 Å². The summed E-state index contributed by atoms with van der Waals surface area (Å²) in [6.45, 7) is 6.26. The lowest BCUT2D eigenvalue weighted by molar-refractivity contribution is 0.0469. The smallest absolute Gasteiger partial charge is 0.358 e. The van der Waals surface area contributed by atoms with Crippen molar-refractivity contribution in [3.8, 4) is 10.6 Å². The second kappa shape index (κ2) is 7.84. The van der Waals surface area contributed by atoms with Crippen LogP contribution in [0.1, 0.15) is 39.2 Å². The van der Waals surface area contributed by atoms with Crippen molar-refractivity contribution in [1.82, 2.24) is 9.55 Å². The van der Waals surface area contributed by atoms with Crippen LogP contribution in [0.4, 0.5) is 4.39 Å². The Hall–Kier alpha value is -2.80. The van der Waals surface area contributed by atoms with Gasteiger partial charge in [0.2, 0.25) is 5.78 Å². The molecule has 0 aliphatic carbocycles. The number of carbonyl (C=O) groups excluding carboxylic acids is 2. The molecule has 2 aromatic heterocycles. The molecular formula is C20H19FN2O3S. The third-order valence-corrected chi connectivity index (χ3v) is 5.22. The highest BCUT2D eigenvalue weighted by Crippen LogP contribution is 2.24. The molecule has 140 valence electrons. The molecule has 0 saturated heterocycles. The van der Waals surface area contributed by atoms with Gasteiger partial charge >= 0.3 is 5.97 Å². The standard InChI is InChI=1S/C20H19FN2O3S/c1-4-23-12(2)9-16(13(23)3)18(24)10-26-20(25)17-11-27-19(22-17)14-5-7-15(21)8-6-14/h5-9,11H,4,10H2,1-3H3. The van der Waals surface area contributed by atoms with Gasteiger partial charge in [0, 0.05) is 34.4 Å². The molecule has 0 atom stereocenters. The lowest BCUT2D eigenvalue weighted by Gasteiger charge is -2.06. The molecule has 0 aliphatic heterocycles. The molecule has 2 heterocycles. The molecular weight excluding hydrogens is 367 g/mol. The monoisotopic (exact) mass is 386 g/mol. The van der Waals surface area contributed by atoms with Gasteiger partial charge < -0.3 is 9.30 Å². The van der Waals surface area contributed by atoms with Crippen molar-refractivity contribution < 1.29 is 18.7 Å². The molecule has 0 unspecified atom stereocenters. The summed E-state index contributed by atoms with van der Waals surface area (Å²) in [7, 11) is 0. The highest BCUT2D eigenvalue weighted by atomic mass is 32.1. The van der Waals surface area contributed by atoms with Gasteiger partial charge in [-0.2, -0.15) is 0 Å². The first-order chi connectivity index (χ1) is 12.9. The Morgan fingerprint density at radius 2 is 1.93 bits per heavy atom. The van der Waals surface area contributed by atoms with Crippen LogP contribution in [0.3, 0.4) is 0 Å². The van der Waals surface area contributed by atoms with Gasteiger partial charge in [0.1, 0.15) is 10.8 Å². The number of aryl methyl sites for hydroxylation is 1. The van der Waals surface area contributed by atoms with E-state index in [-0.39, 0.29) is 23.9 Å². The molecule has 0 fully saturated rings. The number of nitrogens with zero attached hydrogens (tertiary/aromatic N) is 2. The van der Waals surface area contributed by atoms with E-state index in [0.29, 0.717) is 16.1 Å². The largest absolute Gasteiger partial charge is 0.453 e. The van der Waals surface area contributed by atoms with Crippen LogP contribution in [0.5, 0.6) is 0 Å². The molecule has 3 aromatic rings. The van der Waals surface area contributed by atoms with E-state index in [1.807, 2.05) is 31.4 Å². The number of esters is 1. The van der Waals surface area contributed by atoms with Crippen LogP contribution in [0.25, 0.3) is 10.6 Å². The van der Waals surface area contributed by atoms with Gasteiger partial charge in [0.25, 0.3) is 0 Å². The molecule has 0 amide bonds. The lowest BCUT2D eigenvalue weighted by atomic mass is 10.1. The molecule has 0 spiro atoms. The zero-order valence-electron chi connectivity index (χ0n) is 15.3. The van der Waals surface area contributed by atoms with Crippen molar-refractivity contribution in [2.45, 2.75) is 27.3 Å². The first-order valence-corrected chi connectivity index (χ1v) is 9.37. The van der Waals surface area contributed by atoms with Gasteiger partial charge in [-0.1, -0.05) is 0 Å². The van der Waals surface area contributed by atoms with Crippen LogP contribution in [0.15, 0.2) is 35.7 Å². The number of ketones is 1. The van der Waals surface area contributed by atoms with Crippen molar-refractivity contribution >= 4 is 23.1 Å². The molecule has 0 N–H and O–H groups in total. The van der Waals surface area contributed by atoms with E-state index in [1.165, 1.54) is 23.5 Å². The number of hydrogen-bond acceptors (Lipinski definition) is 5. The van der Waals surface area contributed by atoms with Crippen molar-refractivity contribution in [2.75, 3.05) is 6.61 Å². The van der Waals surface area contributed by atoms with Crippen molar-refractivity contribution in [3.05, 3.63) is 64.2 Å². The molecule has 0 bridgehead atoms. The minimum absolute atomic E-state index is 0.131. The summed E-state index contributed by atoms with van der Waals surface area (Å²) in [4.78, 5) is 28.8. The van der Waals surface area contributed by atoms with E-state index < -0.39 is 5.97 Å². The van der Waals surface area contributed by atoms with Gasteiger partial charge in [-0.25, -0.2) is 14.2 Å². The van der Waals surface area contributed by atoms with E-state index >= 15 is 0 Å². The summed E-state index contributed by atoms with van der Waals surface area (Å²) in [6.07, 6.45) is 0. The molecule has 7 heteroatoms. The summed E-state index contributed by atoms with van der Waals surface area (Å²) in [5.41, 5.74) is 3.26. The first-order valence-electron chi connectivity index (χ1n) is 8.49. The maximum atomic E-state index is 13.0. The van der Waals surface area contributed by atoms with Gasteiger partial charge in [-0.15, -0.1) is 11.3 Å². The van der Waals surface area contributed by atoms with E-state index in [9.17, 15) is 14.0 Å². The molecule has 0 radical (unpaired) electrons. The molecule has 0 aliphatic rings. The molecule has 3 rings (SSSR count). The third kappa shape index (κ3) is 3.98. The molecule has 27 heavy (non-hydrogen) atoms. The average molecular weight is 386 g/mol. The molecule has 5 nitrogen and oxygen atoms in total. The van der Waals surface area contributed by atoms with E-state index in [2.05, 4.69) is 4.98 Å². The molecule has 1 aromatic carbocycles. The maximum absolute atomic E-state index is 13.0. The maximum Gasteiger partial charge on any atom is 0.358 e. The van der Waals surface area contributed by atoms with E-state index in [1.54, 1.807) is 17.5 Å². The third-order valence-electron chi connectivity index (χ3n) is 4.33. The Labute approximate surface area is 160 Å². The lowest BCUT2D eigenvalue weighted by Crippen LogP contribution is -2.15. The summed E-state index contributed by atoms with van der Waals surface area (Å²) >= 11 is 1.26. The number of Topliss-reactive ketones (excluding diaryl/α,β-unsaturated/α-hetero) is 1. The van der Waals surface area contributed by atoms with E-state index in [4.69, 9.17) is 4.74 Å². The number of thiazole rings is 1. The van der Waals surface area contributed by atoms with Crippen LogP contribution >= 0.6 is 11.3 Å². The van der Waals surface area contributed by atoms with Crippen molar-refractivity contribution in [1.29, 1.82) is 0 Å². The van der Waals surface area contributed by atoms with Crippen molar-refractivity contribution in [3.63, 3.8) is 0 Å². The topological polar surface area (TPSA) is 61.2 Å². The number of carbonyl (C=O) groups is 2. The minimum Gasteiger partial charge on any atom is -0.453 e. The average Bonchev–Trinajstić information content (AvgIpc) is 3.25. The van der Waals surface area contributed by atoms with Crippen LogP contribution in [-0.2, 0) is 11.3 Å². The summed E-state index contributed by atoms with van der Waals surface area (Å²) in [5, 5.41) is 2.15. The van der Waals surface area contributed by atoms with Gasteiger partial charge in [0.05, 0.1) is 0 Å². The Morgan fingerprint density at radius 3 is 2.56 bits per heavy atom. The minimum atomic E-state index is -0.655. The van der Waals surface area contributed by atoms with Crippen LogP contribution in [-0.4, -0.2) is 27.9 Å². The fraction of sp³-hybridized carbons (Fsp3) is 0.250. The SMILES string of the molecule is CCn1c(C)cc(C(=O)COC(=O)c2csc(-c3ccc(F)cc3)n2)c1C. The Bertz CT molecular complexity index is 989. The zero-order valence-corrected chi connectivity index (χ0v) is 16.1. The predicted octanol–water partition coefficient (Wildman–Crippen LogP) is 4.43. The van der Waals surface area contributed by atoms with Gasteiger partial charge in [-0.05, 0) is 51.1 Å². The number of rotatable bonds is 6. The highest BCUT2D eigenvalue weighted by Gasteiger charge is 2.19. The zero-order chi connectivity index (χ0) is 19.6. The Morgan fingerprint density at radius 1 is 1.22 bits per heavy atom. The van der Waals surface area contributed by atoms with Crippen molar-refractivity contribution in [2.24, 2.45) is 0 Å². The van der Waals surface area contributed by atoms with Gasteiger partial charge in [-0.3, -0.25) is 4.79 Å². The number of benzene rings is 1.